The standard InChI is InChI=1S/C9H13ClFP/c1-12(2,10,8-11)9-6-4-3-5-7-9/h3-7H,8H2,1-2H3. The van der Waals surface area contributed by atoms with Gasteiger partial charge in [0.05, 0.1) is 0 Å². The number of alkyl halides is 1. The SMILES string of the molecule is CP(C)(Cl)(CF)c1ccccc1. The van der Waals surface area contributed by atoms with E-state index in [9.17, 15) is 4.39 Å². The first-order valence-corrected chi connectivity index (χ1v) is 8.00. The molecular weight excluding hydrogens is 194 g/mol. The van der Waals surface area contributed by atoms with Crippen molar-refractivity contribution < 1.29 is 4.39 Å². The van der Waals surface area contributed by atoms with Gasteiger partial charge in [-0.2, -0.15) is 0 Å². The van der Waals surface area contributed by atoms with Crippen molar-refractivity contribution in [2.75, 3.05) is 19.7 Å². The zero-order chi connectivity index (χ0) is 9.27. The summed E-state index contributed by atoms with van der Waals surface area (Å²) in [4.78, 5) is 0. The maximum atomic E-state index is 12.8. The van der Waals surface area contributed by atoms with E-state index in [1.807, 2.05) is 43.7 Å². The summed E-state index contributed by atoms with van der Waals surface area (Å²) in [6, 6.07) is 9.48. The molecule has 0 heterocycles. The molecule has 0 aliphatic rings. The maximum absolute atomic E-state index is 12.8. The van der Waals surface area contributed by atoms with E-state index in [4.69, 9.17) is 11.2 Å². The van der Waals surface area contributed by atoms with Crippen LogP contribution in [0.5, 0.6) is 0 Å². The summed E-state index contributed by atoms with van der Waals surface area (Å²) in [7, 11) is 0. The van der Waals surface area contributed by atoms with Crippen LogP contribution in [0, 0.1) is 0 Å². The van der Waals surface area contributed by atoms with Gasteiger partial charge in [-0.25, -0.2) is 0 Å². The van der Waals surface area contributed by atoms with Crippen LogP contribution in [0.25, 0.3) is 0 Å². The molecule has 0 spiro atoms. The Morgan fingerprint density at radius 1 is 1.25 bits per heavy atom. The van der Waals surface area contributed by atoms with Gasteiger partial charge in [-0.05, 0) is 0 Å². The third kappa shape index (κ3) is 1.97. The molecule has 0 atom stereocenters. The Bertz CT molecular complexity index is 263. The summed E-state index contributed by atoms with van der Waals surface area (Å²) < 4.78 is 12.8. The molecule has 1 rings (SSSR count). The molecular formula is C9H13ClFP. The topological polar surface area (TPSA) is 0 Å². The van der Waals surface area contributed by atoms with Crippen LogP contribution in [0.3, 0.4) is 0 Å². The molecule has 3 heteroatoms. The van der Waals surface area contributed by atoms with E-state index in [1.165, 1.54) is 0 Å². The van der Waals surface area contributed by atoms with Crippen LogP contribution in [-0.2, 0) is 0 Å². The van der Waals surface area contributed by atoms with E-state index >= 15 is 0 Å². The third-order valence-corrected chi connectivity index (χ3v) is 5.33. The van der Waals surface area contributed by atoms with Crippen LogP contribution < -0.4 is 5.30 Å². The van der Waals surface area contributed by atoms with Gasteiger partial charge in [0, 0.05) is 0 Å². The van der Waals surface area contributed by atoms with E-state index in [-0.39, 0.29) is 0 Å². The van der Waals surface area contributed by atoms with Crippen molar-refractivity contribution in [2.24, 2.45) is 0 Å². The van der Waals surface area contributed by atoms with Gasteiger partial charge in [0.25, 0.3) is 0 Å². The average molecular weight is 207 g/mol. The Kier molecular flexibility index (Phi) is 2.47. The van der Waals surface area contributed by atoms with Gasteiger partial charge in [0.15, 0.2) is 0 Å². The van der Waals surface area contributed by atoms with E-state index in [0.717, 1.165) is 5.30 Å². The second kappa shape index (κ2) is 2.97. The number of hydrogen-bond donors (Lipinski definition) is 0. The molecule has 0 aliphatic heterocycles. The fraction of sp³-hybridized carbons (Fsp3) is 0.333. The molecule has 1 aromatic rings. The molecule has 0 aromatic heterocycles. The zero-order valence-corrected chi connectivity index (χ0v) is 8.95. The Morgan fingerprint density at radius 3 is 2.17 bits per heavy atom. The fourth-order valence-electron chi connectivity index (χ4n) is 0.957. The Morgan fingerprint density at radius 2 is 1.75 bits per heavy atom. The van der Waals surface area contributed by atoms with Gasteiger partial charge < -0.3 is 0 Å². The quantitative estimate of drug-likeness (QED) is 0.652. The first kappa shape index (κ1) is 9.95. The first-order valence-electron chi connectivity index (χ1n) is 3.78. The van der Waals surface area contributed by atoms with Gasteiger partial charge in [-0.3, -0.25) is 0 Å². The summed E-state index contributed by atoms with van der Waals surface area (Å²) in [6.45, 7) is 3.64. The van der Waals surface area contributed by atoms with E-state index in [2.05, 4.69) is 0 Å². The fourth-order valence-corrected chi connectivity index (χ4v) is 2.52. The molecule has 0 aliphatic carbocycles. The molecule has 0 amide bonds. The molecule has 0 radical (unpaired) electrons. The molecule has 0 nitrogen and oxygen atoms in total. The van der Waals surface area contributed by atoms with Gasteiger partial charge in [-0.1, -0.05) is 0 Å². The van der Waals surface area contributed by atoms with E-state index < -0.39 is 12.4 Å². The van der Waals surface area contributed by atoms with Crippen LogP contribution in [0.2, 0.25) is 0 Å². The van der Waals surface area contributed by atoms with Crippen LogP contribution in [0.15, 0.2) is 30.3 Å². The van der Waals surface area contributed by atoms with Crippen molar-refractivity contribution >= 4 is 22.5 Å². The number of hydrogen-bond acceptors (Lipinski definition) is 0. The summed E-state index contributed by atoms with van der Waals surface area (Å²) in [6.07, 6.45) is -0.447. The van der Waals surface area contributed by atoms with Gasteiger partial charge in [0.1, 0.15) is 0 Å². The van der Waals surface area contributed by atoms with Gasteiger partial charge in [-0.15, -0.1) is 0 Å². The molecule has 12 heavy (non-hydrogen) atoms. The second-order valence-electron chi connectivity index (χ2n) is 3.68. The molecule has 0 fully saturated rings. The first-order chi connectivity index (χ1) is 5.44. The molecule has 0 bridgehead atoms. The van der Waals surface area contributed by atoms with Crippen LogP contribution >= 0.6 is 17.2 Å². The number of benzene rings is 1. The van der Waals surface area contributed by atoms with Crippen molar-refractivity contribution in [1.29, 1.82) is 0 Å². The molecule has 1 aromatic carbocycles. The normalized spacial score (nSPS) is 15.2. The summed E-state index contributed by atoms with van der Waals surface area (Å²) >= 11 is 6.26. The molecule has 0 saturated carbocycles. The van der Waals surface area contributed by atoms with Crippen LogP contribution in [0.1, 0.15) is 0 Å². The van der Waals surface area contributed by atoms with Gasteiger partial charge >= 0.3 is 77.0 Å². The van der Waals surface area contributed by atoms with Crippen molar-refractivity contribution in [3.05, 3.63) is 30.3 Å². The van der Waals surface area contributed by atoms with Gasteiger partial charge in [0.2, 0.25) is 0 Å². The van der Waals surface area contributed by atoms with Crippen molar-refractivity contribution in [3.63, 3.8) is 0 Å². The molecule has 0 unspecified atom stereocenters. The molecule has 68 valence electrons. The molecule has 0 saturated heterocycles. The predicted octanol–water partition coefficient (Wildman–Crippen LogP) is 3.21. The minimum atomic E-state index is -2.71. The molecule has 0 N–H and O–H groups in total. The average Bonchev–Trinajstić information content (AvgIpc) is 2.06. The zero-order valence-electron chi connectivity index (χ0n) is 7.30. The predicted molar refractivity (Wildman–Crippen MR) is 56.7 cm³/mol. The third-order valence-electron chi connectivity index (χ3n) is 1.90. The number of rotatable bonds is 2. The monoisotopic (exact) mass is 206 g/mol. The van der Waals surface area contributed by atoms with Crippen molar-refractivity contribution in [3.8, 4) is 0 Å². The Labute approximate surface area is 77.5 Å². The van der Waals surface area contributed by atoms with Crippen molar-refractivity contribution in [1.82, 2.24) is 0 Å². The summed E-state index contributed by atoms with van der Waals surface area (Å²) in [5, 5.41) is 0.938. The van der Waals surface area contributed by atoms with E-state index in [1.54, 1.807) is 0 Å². The van der Waals surface area contributed by atoms with E-state index in [0.29, 0.717) is 0 Å². The second-order valence-corrected chi connectivity index (χ2v) is 12.1. The van der Waals surface area contributed by atoms with Crippen LogP contribution in [-0.4, -0.2) is 19.7 Å². The van der Waals surface area contributed by atoms with Crippen LogP contribution in [0.4, 0.5) is 4.39 Å². The Hall–Kier alpha value is -0.130. The minimum absolute atomic E-state index is 0.447. The summed E-state index contributed by atoms with van der Waals surface area (Å²) in [5.41, 5.74) is 0. The summed E-state index contributed by atoms with van der Waals surface area (Å²) in [5.74, 6) is -2.71. The number of halogens is 2. The Balaban J connectivity index is 3.14. The van der Waals surface area contributed by atoms with Crippen molar-refractivity contribution in [2.45, 2.75) is 0 Å².